The van der Waals surface area contributed by atoms with Crippen molar-refractivity contribution in [3.63, 3.8) is 0 Å². The first-order chi connectivity index (χ1) is 13.5. The van der Waals surface area contributed by atoms with Crippen LogP contribution in [0.15, 0.2) is 62.8 Å². The molecule has 0 aliphatic carbocycles. The Hall–Kier alpha value is -2.38. The second kappa shape index (κ2) is 9.21. The van der Waals surface area contributed by atoms with Gasteiger partial charge in [-0.3, -0.25) is 9.59 Å². The highest BCUT2D eigenvalue weighted by atomic mass is 79.9. The predicted molar refractivity (Wildman–Crippen MR) is 112 cm³/mol. The summed E-state index contributed by atoms with van der Waals surface area (Å²) in [6.07, 6.45) is -0.130. The van der Waals surface area contributed by atoms with Crippen molar-refractivity contribution < 1.29 is 19.4 Å². The summed E-state index contributed by atoms with van der Waals surface area (Å²) in [5, 5.41) is 11.2. The molecule has 0 aliphatic heterocycles. The Labute approximate surface area is 175 Å². The van der Waals surface area contributed by atoms with E-state index >= 15 is 0 Å². The summed E-state index contributed by atoms with van der Waals surface area (Å²) in [7, 11) is 0. The van der Waals surface area contributed by atoms with Gasteiger partial charge in [-0.25, -0.2) is 4.98 Å². The van der Waals surface area contributed by atoms with Crippen molar-refractivity contribution >= 4 is 50.3 Å². The van der Waals surface area contributed by atoms with Gasteiger partial charge in [0.25, 0.3) is 0 Å². The second-order valence-electron chi connectivity index (χ2n) is 5.92. The molecule has 7 heteroatoms. The van der Waals surface area contributed by atoms with Gasteiger partial charge in [0.1, 0.15) is 5.69 Å². The number of aromatic hydroxyl groups is 1. The molecule has 0 saturated heterocycles. The minimum atomic E-state index is -0.449. The summed E-state index contributed by atoms with van der Waals surface area (Å²) >= 11 is 4.91. The number of ketones is 1. The van der Waals surface area contributed by atoms with Gasteiger partial charge in [0.2, 0.25) is 0 Å². The number of carbonyl (C=O) groups excluding carboxylic acids is 2. The van der Waals surface area contributed by atoms with Gasteiger partial charge < -0.3 is 9.84 Å². The number of benzene rings is 2. The Bertz CT molecular complexity index is 1020. The molecule has 0 atom stereocenters. The lowest BCUT2D eigenvalue weighted by Crippen LogP contribution is -2.09. The largest absolute Gasteiger partial charge is 0.504 e. The van der Waals surface area contributed by atoms with Crippen LogP contribution in [0.5, 0.6) is 5.75 Å². The summed E-state index contributed by atoms with van der Waals surface area (Å²) < 4.78 is 5.26. The molecule has 28 heavy (non-hydrogen) atoms. The molecule has 1 aromatic heterocycles. The number of para-hydroxylation sites is 1. The highest BCUT2D eigenvalue weighted by Crippen LogP contribution is 2.39. The fourth-order valence-corrected chi connectivity index (χ4v) is 4.12. The normalized spacial score (nSPS) is 10.8. The highest BCUT2D eigenvalue weighted by molar-refractivity contribution is 9.10. The monoisotopic (exact) mass is 459 g/mol. The Kier molecular flexibility index (Phi) is 6.70. The molecule has 0 aliphatic rings. The number of fused-ring (bicyclic) bond motifs is 1. The molecule has 1 heterocycles. The molecule has 0 fully saturated rings. The molecule has 3 aromatic rings. The van der Waals surface area contributed by atoms with E-state index in [1.165, 1.54) is 11.8 Å². The minimum Gasteiger partial charge on any atom is -0.504 e. The van der Waals surface area contributed by atoms with Gasteiger partial charge in [0.15, 0.2) is 11.5 Å². The molecule has 144 valence electrons. The number of rotatable bonds is 7. The molecule has 0 radical (unpaired) electrons. The average molecular weight is 460 g/mol. The number of esters is 1. The van der Waals surface area contributed by atoms with Crippen molar-refractivity contribution in [2.24, 2.45) is 0 Å². The van der Waals surface area contributed by atoms with Crippen molar-refractivity contribution in [3.8, 4) is 5.75 Å². The number of Topliss-reactive ketones (excluding diaryl/α,β-unsaturated/α-hetero) is 1. The van der Waals surface area contributed by atoms with Gasteiger partial charge >= 0.3 is 5.97 Å². The summed E-state index contributed by atoms with van der Waals surface area (Å²) in [5.74, 6) is -1.08. The van der Waals surface area contributed by atoms with E-state index in [0.717, 1.165) is 9.79 Å². The lowest BCUT2D eigenvalue weighted by atomic mass is 10.1. The Morgan fingerprint density at radius 2 is 1.86 bits per heavy atom. The SMILES string of the molecule is CCOC(=O)CCC(=O)c1nc2c(Sc3ccccc3)cccc2c(Br)c1O. The first-order valence-corrected chi connectivity index (χ1v) is 10.3. The summed E-state index contributed by atoms with van der Waals surface area (Å²) in [4.78, 5) is 30.5. The van der Waals surface area contributed by atoms with Crippen LogP contribution in [-0.2, 0) is 9.53 Å². The van der Waals surface area contributed by atoms with Crippen LogP contribution in [0.25, 0.3) is 10.9 Å². The lowest BCUT2D eigenvalue weighted by Gasteiger charge is -2.11. The number of hydrogen-bond donors (Lipinski definition) is 1. The maximum absolute atomic E-state index is 12.6. The van der Waals surface area contributed by atoms with Crippen molar-refractivity contribution in [1.82, 2.24) is 4.98 Å². The van der Waals surface area contributed by atoms with Crippen molar-refractivity contribution in [2.45, 2.75) is 29.6 Å². The van der Waals surface area contributed by atoms with Crippen LogP contribution in [0.1, 0.15) is 30.3 Å². The van der Waals surface area contributed by atoms with Crippen LogP contribution >= 0.6 is 27.7 Å². The quantitative estimate of drug-likeness (QED) is 0.377. The third-order valence-electron chi connectivity index (χ3n) is 3.99. The van der Waals surface area contributed by atoms with E-state index in [4.69, 9.17) is 4.74 Å². The van der Waals surface area contributed by atoms with E-state index in [-0.39, 0.29) is 30.9 Å². The number of hydrogen-bond acceptors (Lipinski definition) is 6. The third-order valence-corrected chi connectivity index (χ3v) is 5.85. The summed E-state index contributed by atoms with van der Waals surface area (Å²) in [5.41, 5.74) is 0.560. The predicted octanol–water partition coefficient (Wildman–Crippen LogP) is 5.38. The maximum Gasteiger partial charge on any atom is 0.306 e. The smallest absolute Gasteiger partial charge is 0.306 e. The maximum atomic E-state index is 12.6. The van der Waals surface area contributed by atoms with E-state index in [1.807, 2.05) is 48.5 Å². The molecule has 0 bridgehead atoms. The van der Waals surface area contributed by atoms with Gasteiger partial charge in [-0.1, -0.05) is 42.1 Å². The van der Waals surface area contributed by atoms with E-state index in [1.54, 1.807) is 6.92 Å². The molecule has 5 nitrogen and oxygen atoms in total. The van der Waals surface area contributed by atoms with Gasteiger partial charge in [-0.05, 0) is 41.1 Å². The second-order valence-corrected chi connectivity index (χ2v) is 7.83. The number of carbonyl (C=O) groups is 2. The number of halogens is 1. The molecule has 2 aromatic carbocycles. The van der Waals surface area contributed by atoms with Gasteiger partial charge in [0, 0.05) is 21.6 Å². The van der Waals surface area contributed by atoms with Crippen molar-refractivity contribution in [1.29, 1.82) is 0 Å². The molecule has 3 rings (SSSR count). The van der Waals surface area contributed by atoms with Crippen molar-refractivity contribution in [3.05, 3.63) is 58.7 Å². The van der Waals surface area contributed by atoms with E-state index < -0.39 is 11.8 Å². The number of aromatic nitrogens is 1. The van der Waals surface area contributed by atoms with Crippen LogP contribution in [0, 0.1) is 0 Å². The fraction of sp³-hybridized carbons (Fsp3) is 0.190. The first kappa shape index (κ1) is 20.4. The molecule has 0 amide bonds. The molecule has 0 spiro atoms. The minimum absolute atomic E-state index is 0.0511. The molecule has 1 N–H and O–H groups in total. The van der Waals surface area contributed by atoms with Crippen LogP contribution in [0.2, 0.25) is 0 Å². The van der Waals surface area contributed by atoms with Crippen LogP contribution in [0.3, 0.4) is 0 Å². The van der Waals surface area contributed by atoms with E-state index in [2.05, 4.69) is 20.9 Å². The summed E-state index contributed by atoms with van der Waals surface area (Å²) in [6.45, 7) is 1.97. The number of pyridine rings is 1. The topological polar surface area (TPSA) is 76.5 Å². The molecular weight excluding hydrogens is 442 g/mol. The Morgan fingerprint density at radius 1 is 1.11 bits per heavy atom. The Balaban J connectivity index is 1.97. The van der Waals surface area contributed by atoms with E-state index in [0.29, 0.717) is 15.4 Å². The van der Waals surface area contributed by atoms with Crippen LogP contribution < -0.4 is 0 Å². The molecular formula is C21H18BrNO4S. The van der Waals surface area contributed by atoms with Gasteiger partial charge in [0.05, 0.1) is 23.0 Å². The average Bonchev–Trinajstić information content (AvgIpc) is 2.70. The third kappa shape index (κ3) is 4.54. The highest BCUT2D eigenvalue weighted by Gasteiger charge is 2.21. The van der Waals surface area contributed by atoms with Gasteiger partial charge in [-0.15, -0.1) is 0 Å². The fourth-order valence-electron chi connectivity index (χ4n) is 2.67. The lowest BCUT2D eigenvalue weighted by molar-refractivity contribution is -0.143. The van der Waals surface area contributed by atoms with Gasteiger partial charge in [-0.2, -0.15) is 0 Å². The number of nitrogens with zero attached hydrogens (tertiary/aromatic N) is 1. The zero-order valence-electron chi connectivity index (χ0n) is 15.1. The zero-order valence-corrected chi connectivity index (χ0v) is 17.5. The Morgan fingerprint density at radius 3 is 2.57 bits per heavy atom. The number of ether oxygens (including phenoxy) is 1. The molecule has 0 unspecified atom stereocenters. The standard InChI is InChI=1S/C21H18BrNO4S/c1-2-27-17(25)12-11-15(24)20-21(26)18(22)14-9-6-10-16(19(14)23-20)28-13-7-4-3-5-8-13/h3-10,26H,2,11-12H2,1H3. The van der Waals surface area contributed by atoms with Crippen LogP contribution in [-0.4, -0.2) is 28.4 Å². The summed E-state index contributed by atoms with van der Waals surface area (Å²) in [6, 6.07) is 15.5. The molecule has 0 saturated carbocycles. The zero-order chi connectivity index (χ0) is 20.1. The van der Waals surface area contributed by atoms with E-state index in [9.17, 15) is 14.7 Å². The van der Waals surface area contributed by atoms with Crippen LogP contribution in [0.4, 0.5) is 0 Å². The van der Waals surface area contributed by atoms with Crippen molar-refractivity contribution in [2.75, 3.05) is 6.61 Å². The first-order valence-electron chi connectivity index (χ1n) is 8.74.